The molecule has 0 aromatic heterocycles. The van der Waals surface area contributed by atoms with Crippen LogP contribution in [0.1, 0.15) is 50.3 Å². The van der Waals surface area contributed by atoms with Gasteiger partial charge in [0.15, 0.2) is 0 Å². The first-order chi connectivity index (χ1) is 10.2. The predicted molar refractivity (Wildman–Crippen MR) is 88.1 cm³/mol. The molecule has 0 fully saturated rings. The van der Waals surface area contributed by atoms with E-state index in [0.717, 1.165) is 36.9 Å². The molecule has 0 spiro atoms. The van der Waals surface area contributed by atoms with Crippen molar-refractivity contribution in [1.29, 1.82) is 0 Å². The summed E-state index contributed by atoms with van der Waals surface area (Å²) in [7, 11) is 0. The van der Waals surface area contributed by atoms with Crippen molar-refractivity contribution in [2.75, 3.05) is 5.32 Å². The number of halogens is 1. The summed E-state index contributed by atoms with van der Waals surface area (Å²) in [6.45, 7) is 4.35. The van der Waals surface area contributed by atoms with E-state index in [0.29, 0.717) is 0 Å². The van der Waals surface area contributed by atoms with Crippen LogP contribution < -0.4 is 5.32 Å². The van der Waals surface area contributed by atoms with Gasteiger partial charge in [-0.25, -0.2) is 4.39 Å². The molecule has 112 valence electrons. The van der Waals surface area contributed by atoms with E-state index in [2.05, 4.69) is 43.4 Å². The van der Waals surface area contributed by atoms with Gasteiger partial charge in [0, 0.05) is 5.69 Å². The first-order valence-electron chi connectivity index (χ1n) is 7.84. The summed E-state index contributed by atoms with van der Waals surface area (Å²) in [5.41, 5.74) is 3.61. The molecule has 0 aliphatic carbocycles. The van der Waals surface area contributed by atoms with Gasteiger partial charge in [-0.05, 0) is 48.2 Å². The molecule has 2 aromatic rings. The third-order valence-electron chi connectivity index (χ3n) is 3.82. The van der Waals surface area contributed by atoms with Crippen molar-refractivity contribution in [2.45, 2.75) is 45.6 Å². The van der Waals surface area contributed by atoms with Gasteiger partial charge < -0.3 is 5.32 Å². The first-order valence-corrected chi connectivity index (χ1v) is 7.84. The molecule has 0 bridgehead atoms. The van der Waals surface area contributed by atoms with Crippen molar-refractivity contribution in [3.63, 3.8) is 0 Å². The highest BCUT2D eigenvalue weighted by Crippen LogP contribution is 2.25. The van der Waals surface area contributed by atoms with Crippen molar-refractivity contribution < 1.29 is 4.39 Å². The molecule has 1 N–H and O–H groups in total. The minimum Gasteiger partial charge on any atom is -0.378 e. The standard InChI is InChI=1S/C19H24FN/c1-3-5-6-19(16-9-11-17(20)12-10-16)21-18-13-7-15(4-2)8-14-18/h7-14,19,21H,3-6H2,1-2H3. The van der Waals surface area contributed by atoms with Crippen molar-refractivity contribution in [3.8, 4) is 0 Å². The van der Waals surface area contributed by atoms with Gasteiger partial charge in [0.25, 0.3) is 0 Å². The summed E-state index contributed by atoms with van der Waals surface area (Å²) in [4.78, 5) is 0. The van der Waals surface area contributed by atoms with Crippen LogP contribution in [0, 0.1) is 5.82 Å². The van der Waals surface area contributed by atoms with Crippen LogP contribution in [-0.4, -0.2) is 0 Å². The highest BCUT2D eigenvalue weighted by Gasteiger charge is 2.11. The SMILES string of the molecule is CCCCC(Nc1ccc(CC)cc1)c1ccc(F)cc1. The molecule has 1 nitrogen and oxygen atoms in total. The van der Waals surface area contributed by atoms with Crippen molar-refractivity contribution in [2.24, 2.45) is 0 Å². The number of rotatable bonds is 7. The van der Waals surface area contributed by atoms with Crippen LogP contribution in [0.2, 0.25) is 0 Å². The van der Waals surface area contributed by atoms with Gasteiger partial charge in [0.1, 0.15) is 5.82 Å². The zero-order valence-corrected chi connectivity index (χ0v) is 12.9. The second-order valence-electron chi connectivity index (χ2n) is 5.44. The van der Waals surface area contributed by atoms with Crippen LogP contribution in [0.4, 0.5) is 10.1 Å². The fourth-order valence-corrected chi connectivity index (χ4v) is 2.46. The molecule has 21 heavy (non-hydrogen) atoms. The number of nitrogens with one attached hydrogen (secondary N) is 1. The van der Waals surface area contributed by atoms with Gasteiger partial charge in [-0.2, -0.15) is 0 Å². The van der Waals surface area contributed by atoms with Crippen LogP contribution in [0.15, 0.2) is 48.5 Å². The summed E-state index contributed by atoms with van der Waals surface area (Å²) >= 11 is 0. The maximum Gasteiger partial charge on any atom is 0.123 e. The molecule has 0 saturated heterocycles. The number of unbranched alkanes of at least 4 members (excludes halogenated alkanes) is 1. The Morgan fingerprint density at radius 3 is 2.19 bits per heavy atom. The molecule has 2 aromatic carbocycles. The van der Waals surface area contributed by atoms with E-state index >= 15 is 0 Å². The van der Waals surface area contributed by atoms with Crippen LogP contribution in [0.25, 0.3) is 0 Å². The van der Waals surface area contributed by atoms with Crippen molar-refractivity contribution in [1.82, 2.24) is 0 Å². The Balaban J connectivity index is 2.13. The molecule has 0 radical (unpaired) electrons. The van der Waals surface area contributed by atoms with E-state index in [9.17, 15) is 4.39 Å². The zero-order chi connectivity index (χ0) is 15.1. The molecular formula is C19H24FN. The Bertz CT molecular complexity index is 530. The smallest absolute Gasteiger partial charge is 0.123 e. The largest absolute Gasteiger partial charge is 0.378 e. The first kappa shape index (κ1) is 15.6. The lowest BCUT2D eigenvalue weighted by atomic mass is 10.0. The van der Waals surface area contributed by atoms with Gasteiger partial charge in [-0.15, -0.1) is 0 Å². The van der Waals surface area contributed by atoms with E-state index < -0.39 is 0 Å². The average Bonchev–Trinajstić information content (AvgIpc) is 2.53. The number of hydrogen-bond donors (Lipinski definition) is 1. The maximum atomic E-state index is 13.1. The van der Waals surface area contributed by atoms with Gasteiger partial charge in [0.2, 0.25) is 0 Å². The third-order valence-corrected chi connectivity index (χ3v) is 3.82. The normalized spacial score (nSPS) is 12.1. The Hall–Kier alpha value is -1.83. The number of aryl methyl sites for hydroxylation is 1. The van der Waals surface area contributed by atoms with Crippen LogP contribution in [-0.2, 0) is 6.42 Å². The van der Waals surface area contributed by atoms with Crippen LogP contribution in [0.5, 0.6) is 0 Å². The lowest BCUT2D eigenvalue weighted by Crippen LogP contribution is -2.11. The van der Waals surface area contributed by atoms with E-state index in [1.807, 2.05) is 12.1 Å². The van der Waals surface area contributed by atoms with Gasteiger partial charge in [0.05, 0.1) is 6.04 Å². The molecule has 2 heteroatoms. The van der Waals surface area contributed by atoms with Crippen LogP contribution in [0.3, 0.4) is 0 Å². The highest BCUT2D eigenvalue weighted by atomic mass is 19.1. The second-order valence-corrected chi connectivity index (χ2v) is 5.44. The molecule has 0 aliphatic heterocycles. The third kappa shape index (κ3) is 4.59. The Labute approximate surface area is 127 Å². The van der Waals surface area contributed by atoms with Crippen LogP contribution >= 0.6 is 0 Å². The Kier molecular flexibility index (Phi) is 5.79. The minimum absolute atomic E-state index is 0.180. The summed E-state index contributed by atoms with van der Waals surface area (Å²) < 4.78 is 13.1. The molecular weight excluding hydrogens is 261 g/mol. The molecule has 0 heterocycles. The Morgan fingerprint density at radius 1 is 0.952 bits per heavy atom. The number of anilines is 1. The van der Waals surface area contributed by atoms with E-state index in [1.165, 1.54) is 17.7 Å². The summed E-state index contributed by atoms with van der Waals surface area (Å²) in [6.07, 6.45) is 4.42. The minimum atomic E-state index is -0.180. The summed E-state index contributed by atoms with van der Waals surface area (Å²) in [5.74, 6) is -0.180. The van der Waals surface area contributed by atoms with E-state index in [1.54, 1.807) is 0 Å². The fourth-order valence-electron chi connectivity index (χ4n) is 2.46. The average molecular weight is 285 g/mol. The monoisotopic (exact) mass is 285 g/mol. The molecule has 1 unspecified atom stereocenters. The van der Waals surface area contributed by atoms with Crippen molar-refractivity contribution >= 4 is 5.69 Å². The number of benzene rings is 2. The second kappa shape index (κ2) is 7.82. The van der Waals surface area contributed by atoms with Gasteiger partial charge in [-0.3, -0.25) is 0 Å². The van der Waals surface area contributed by atoms with E-state index in [-0.39, 0.29) is 11.9 Å². The highest BCUT2D eigenvalue weighted by molar-refractivity contribution is 5.47. The van der Waals surface area contributed by atoms with Gasteiger partial charge >= 0.3 is 0 Å². The lowest BCUT2D eigenvalue weighted by molar-refractivity contribution is 0.616. The zero-order valence-electron chi connectivity index (χ0n) is 12.9. The fraction of sp³-hybridized carbons (Fsp3) is 0.368. The Morgan fingerprint density at radius 2 is 1.62 bits per heavy atom. The molecule has 2 rings (SSSR count). The number of hydrogen-bond acceptors (Lipinski definition) is 1. The molecule has 0 amide bonds. The lowest BCUT2D eigenvalue weighted by Gasteiger charge is -2.20. The predicted octanol–water partition coefficient (Wildman–Crippen LogP) is 5.73. The molecule has 0 saturated carbocycles. The quantitative estimate of drug-likeness (QED) is 0.685. The summed E-state index contributed by atoms with van der Waals surface area (Å²) in [5, 5.41) is 3.58. The summed E-state index contributed by atoms with van der Waals surface area (Å²) in [6, 6.07) is 15.6. The topological polar surface area (TPSA) is 12.0 Å². The maximum absolute atomic E-state index is 13.1. The van der Waals surface area contributed by atoms with E-state index in [4.69, 9.17) is 0 Å². The molecule has 1 atom stereocenters. The van der Waals surface area contributed by atoms with Crippen molar-refractivity contribution in [3.05, 3.63) is 65.5 Å². The van der Waals surface area contributed by atoms with Gasteiger partial charge in [-0.1, -0.05) is 51.0 Å². The molecule has 0 aliphatic rings.